The Morgan fingerprint density at radius 3 is 2.64 bits per heavy atom. The summed E-state index contributed by atoms with van der Waals surface area (Å²) in [5, 5.41) is 9.59. The molecule has 0 radical (unpaired) electrons. The minimum Gasteiger partial charge on any atom is -0.488 e. The fraction of sp³-hybridized carbons (Fsp3) is 0.632. The van der Waals surface area contributed by atoms with E-state index >= 15 is 0 Å². The molecule has 0 aliphatic carbocycles. The second kappa shape index (κ2) is 9.11. The molecule has 9 heteroatoms. The molecule has 28 heavy (non-hydrogen) atoms. The molecule has 0 bridgehead atoms. The third-order valence-corrected chi connectivity index (χ3v) is 5.37. The van der Waals surface area contributed by atoms with Crippen molar-refractivity contribution >= 4 is 21.6 Å². The topological polar surface area (TPSA) is 99.2 Å². The Labute approximate surface area is 167 Å². The van der Waals surface area contributed by atoms with Crippen LogP contribution >= 0.6 is 0 Å². The van der Waals surface area contributed by atoms with Crippen molar-refractivity contribution < 1.29 is 23.1 Å². The summed E-state index contributed by atoms with van der Waals surface area (Å²) >= 11 is 0. The molecule has 0 fully saturated rings. The molecule has 0 saturated carbocycles. The molecule has 1 aromatic rings. The number of carbonyl (C=O) groups excluding carboxylic acids is 1. The number of aliphatic hydroxyl groups is 1. The van der Waals surface area contributed by atoms with E-state index in [9.17, 15) is 18.3 Å². The van der Waals surface area contributed by atoms with E-state index in [0.717, 1.165) is 6.26 Å². The number of hydrogen-bond donors (Lipinski definition) is 2. The second-order valence-corrected chi connectivity index (χ2v) is 9.60. The summed E-state index contributed by atoms with van der Waals surface area (Å²) in [4.78, 5) is 16.7. The Morgan fingerprint density at radius 2 is 2.07 bits per heavy atom. The number of nitrogens with one attached hydrogen (secondary N) is 1. The molecular formula is C19H31N3O5S. The van der Waals surface area contributed by atoms with E-state index in [1.807, 2.05) is 32.8 Å². The summed E-state index contributed by atoms with van der Waals surface area (Å²) in [5.74, 6) is 0.491. The van der Waals surface area contributed by atoms with Crippen LogP contribution in [0.2, 0.25) is 0 Å². The van der Waals surface area contributed by atoms with Crippen molar-refractivity contribution in [2.75, 3.05) is 44.8 Å². The number of rotatable bonds is 6. The van der Waals surface area contributed by atoms with Crippen LogP contribution in [0.1, 0.15) is 19.4 Å². The number of sulfonamides is 1. The highest BCUT2D eigenvalue weighted by Gasteiger charge is 2.30. The maximum atomic E-state index is 13.0. The average molecular weight is 414 g/mol. The summed E-state index contributed by atoms with van der Waals surface area (Å²) < 4.78 is 31.8. The summed E-state index contributed by atoms with van der Waals surface area (Å²) in [6, 6.07) is 4.66. The average Bonchev–Trinajstić information content (AvgIpc) is 2.62. The van der Waals surface area contributed by atoms with E-state index in [4.69, 9.17) is 4.74 Å². The van der Waals surface area contributed by atoms with Crippen LogP contribution in [0.25, 0.3) is 0 Å². The van der Waals surface area contributed by atoms with Gasteiger partial charge in [0, 0.05) is 30.3 Å². The zero-order valence-corrected chi connectivity index (χ0v) is 18.0. The van der Waals surface area contributed by atoms with Gasteiger partial charge in [0.1, 0.15) is 11.9 Å². The van der Waals surface area contributed by atoms with Gasteiger partial charge in [0.15, 0.2) is 0 Å². The quantitative estimate of drug-likeness (QED) is 0.715. The number of likely N-dealkylation sites (N-methyl/N-ethyl adjacent to an activating group) is 1. The maximum absolute atomic E-state index is 13.0. The molecule has 0 spiro atoms. The van der Waals surface area contributed by atoms with Crippen LogP contribution in [-0.4, -0.2) is 81.4 Å². The summed E-state index contributed by atoms with van der Waals surface area (Å²) in [5.41, 5.74) is 1.00. The van der Waals surface area contributed by atoms with Crippen LogP contribution in [0.15, 0.2) is 18.2 Å². The van der Waals surface area contributed by atoms with Gasteiger partial charge >= 0.3 is 0 Å². The first kappa shape index (κ1) is 22.4. The van der Waals surface area contributed by atoms with Crippen LogP contribution in [0, 0.1) is 5.92 Å². The minimum absolute atomic E-state index is 0.0418. The smallest absolute Gasteiger partial charge is 0.229 e. The summed E-state index contributed by atoms with van der Waals surface area (Å²) in [6.45, 7) is 4.86. The lowest BCUT2D eigenvalue weighted by molar-refractivity contribution is -0.134. The molecule has 0 aromatic heterocycles. The van der Waals surface area contributed by atoms with Gasteiger partial charge in [0.25, 0.3) is 0 Å². The monoisotopic (exact) mass is 413 g/mol. The molecule has 1 aliphatic rings. The van der Waals surface area contributed by atoms with Crippen molar-refractivity contribution in [2.45, 2.75) is 32.4 Å². The van der Waals surface area contributed by atoms with Crippen LogP contribution in [0.3, 0.4) is 0 Å². The lowest BCUT2D eigenvalue weighted by Crippen LogP contribution is -2.47. The first-order valence-corrected chi connectivity index (χ1v) is 11.2. The number of benzene rings is 1. The number of ether oxygens (including phenoxy) is 1. The van der Waals surface area contributed by atoms with Gasteiger partial charge in [-0.05, 0) is 39.2 Å². The summed E-state index contributed by atoms with van der Waals surface area (Å²) in [6.07, 6.45) is 0.984. The SMILES string of the molecule is C[C@H]1CN([C@@H](C)CO)C(=O)Cc2cc(NS(C)(=O)=O)ccc2O[C@@H]1CN(C)C. The van der Waals surface area contributed by atoms with E-state index in [1.165, 1.54) is 0 Å². The second-order valence-electron chi connectivity index (χ2n) is 7.85. The zero-order chi connectivity index (χ0) is 21.1. The first-order valence-electron chi connectivity index (χ1n) is 9.32. The normalized spacial score (nSPS) is 22.0. The highest BCUT2D eigenvalue weighted by Crippen LogP contribution is 2.29. The Balaban J connectivity index is 2.46. The van der Waals surface area contributed by atoms with Crippen molar-refractivity contribution in [1.82, 2.24) is 9.80 Å². The van der Waals surface area contributed by atoms with E-state index in [1.54, 1.807) is 23.1 Å². The lowest BCUT2D eigenvalue weighted by Gasteiger charge is -2.33. The maximum Gasteiger partial charge on any atom is 0.229 e. The predicted octanol–water partition coefficient (Wildman–Crippen LogP) is 0.769. The van der Waals surface area contributed by atoms with E-state index < -0.39 is 10.0 Å². The Morgan fingerprint density at radius 1 is 1.39 bits per heavy atom. The van der Waals surface area contributed by atoms with Gasteiger partial charge in [-0.1, -0.05) is 6.92 Å². The van der Waals surface area contributed by atoms with Crippen LogP contribution in [-0.2, 0) is 21.2 Å². The molecule has 1 heterocycles. The molecule has 2 N–H and O–H groups in total. The number of nitrogens with zero attached hydrogens (tertiary/aromatic N) is 2. The highest BCUT2D eigenvalue weighted by atomic mass is 32.2. The van der Waals surface area contributed by atoms with Gasteiger partial charge < -0.3 is 19.6 Å². The van der Waals surface area contributed by atoms with Gasteiger partial charge in [-0.25, -0.2) is 8.42 Å². The van der Waals surface area contributed by atoms with Crippen molar-refractivity contribution in [3.8, 4) is 5.75 Å². The molecule has 1 aromatic carbocycles. The predicted molar refractivity (Wildman–Crippen MR) is 109 cm³/mol. The molecule has 1 aliphatic heterocycles. The molecule has 1 amide bonds. The molecule has 0 saturated heterocycles. The third kappa shape index (κ3) is 6.08. The van der Waals surface area contributed by atoms with E-state index in [2.05, 4.69) is 4.72 Å². The van der Waals surface area contributed by atoms with Crippen molar-refractivity contribution in [3.63, 3.8) is 0 Å². The van der Waals surface area contributed by atoms with Crippen molar-refractivity contribution in [1.29, 1.82) is 0 Å². The van der Waals surface area contributed by atoms with E-state index in [-0.39, 0.29) is 37.0 Å². The standard InChI is InChI=1S/C19H31N3O5S/c1-13-10-22(14(2)12-23)19(24)9-15-8-16(20-28(5,25)26)6-7-17(15)27-18(13)11-21(3)4/h6-8,13-14,18,20,23H,9-12H2,1-5H3/t13-,14-,18+/m0/s1. The number of carbonyl (C=O) groups is 1. The molecule has 158 valence electrons. The molecular weight excluding hydrogens is 382 g/mol. The Hall–Kier alpha value is -1.84. The number of amides is 1. The van der Waals surface area contributed by atoms with Crippen molar-refractivity contribution in [2.24, 2.45) is 5.92 Å². The van der Waals surface area contributed by atoms with Gasteiger partial charge in [-0.2, -0.15) is 0 Å². The van der Waals surface area contributed by atoms with E-state index in [0.29, 0.717) is 30.1 Å². The Kier molecular flexibility index (Phi) is 7.30. The fourth-order valence-electron chi connectivity index (χ4n) is 3.28. The van der Waals surface area contributed by atoms with Gasteiger partial charge in [-0.3, -0.25) is 9.52 Å². The molecule has 3 atom stereocenters. The molecule has 0 unspecified atom stereocenters. The van der Waals surface area contributed by atoms with Gasteiger partial charge in [0.2, 0.25) is 15.9 Å². The zero-order valence-electron chi connectivity index (χ0n) is 17.2. The largest absolute Gasteiger partial charge is 0.488 e. The first-order chi connectivity index (χ1) is 13.0. The Bertz CT molecular complexity index is 797. The number of anilines is 1. The van der Waals surface area contributed by atoms with Crippen LogP contribution in [0.4, 0.5) is 5.69 Å². The van der Waals surface area contributed by atoms with Crippen LogP contribution in [0.5, 0.6) is 5.75 Å². The van der Waals surface area contributed by atoms with Crippen molar-refractivity contribution in [3.05, 3.63) is 23.8 Å². The summed E-state index contributed by atoms with van der Waals surface area (Å²) in [7, 11) is 0.490. The van der Waals surface area contributed by atoms with Gasteiger partial charge in [-0.15, -0.1) is 0 Å². The van der Waals surface area contributed by atoms with Crippen LogP contribution < -0.4 is 9.46 Å². The molecule has 8 nitrogen and oxygen atoms in total. The molecule has 2 rings (SSSR count). The number of aliphatic hydroxyl groups excluding tert-OH is 1. The number of fused-ring (bicyclic) bond motifs is 1. The lowest BCUT2D eigenvalue weighted by atomic mass is 10.0. The highest BCUT2D eigenvalue weighted by molar-refractivity contribution is 7.92. The fourth-order valence-corrected chi connectivity index (χ4v) is 3.84. The number of hydrogen-bond acceptors (Lipinski definition) is 6. The third-order valence-electron chi connectivity index (χ3n) is 4.76. The minimum atomic E-state index is -3.43. The van der Waals surface area contributed by atoms with Gasteiger partial charge in [0.05, 0.1) is 25.3 Å².